The van der Waals surface area contributed by atoms with E-state index in [0.717, 1.165) is 12.1 Å². The van der Waals surface area contributed by atoms with Crippen LogP contribution in [0.25, 0.3) is 22.0 Å². The number of carbonyl (C=O) groups is 1. The van der Waals surface area contributed by atoms with Gasteiger partial charge >= 0.3 is 5.97 Å². The first-order chi connectivity index (χ1) is 10.1. The number of halogens is 2. The Labute approximate surface area is 118 Å². The Morgan fingerprint density at radius 2 is 1.81 bits per heavy atom. The molecule has 0 amide bonds. The van der Waals surface area contributed by atoms with Crippen LogP contribution in [-0.4, -0.2) is 16.1 Å². The first kappa shape index (κ1) is 13.2. The molecule has 104 valence electrons. The van der Waals surface area contributed by atoms with Crippen LogP contribution in [-0.2, 0) is 0 Å². The molecule has 1 heterocycles. The first-order valence-electron chi connectivity index (χ1n) is 6.14. The second kappa shape index (κ2) is 4.94. The van der Waals surface area contributed by atoms with Crippen molar-refractivity contribution in [2.24, 2.45) is 0 Å². The smallest absolute Gasteiger partial charge is 0.336 e. The molecule has 3 aromatic rings. The normalized spacial score (nSPS) is 10.8. The van der Waals surface area contributed by atoms with E-state index in [9.17, 15) is 18.7 Å². The monoisotopic (exact) mass is 285 g/mol. The summed E-state index contributed by atoms with van der Waals surface area (Å²) >= 11 is 0. The zero-order valence-electron chi connectivity index (χ0n) is 10.7. The minimum absolute atomic E-state index is 0.00842. The van der Waals surface area contributed by atoms with Crippen molar-refractivity contribution in [2.75, 3.05) is 0 Å². The summed E-state index contributed by atoms with van der Waals surface area (Å²) in [6, 6.07) is 9.76. The first-order valence-corrected chi connectivity index (χ1v) is 6.14. The molecule has 0 saturated heterocycles. The summed E-state index contributed by atoms with van der Waals surface area (Å²) in [5.41, 5.74) is 0.891. The van der Waals surface area contributed by atoms with Crippen LogP contribution in [0.4, 0.5) is 8.78 Å². The minimum Gasteiger partial charge on any atom is -0.478 e. The maximum Gasteiger partial charge on any atom is 0.336 e. The van der Waals surface area contributed by atoms with E-state index in [-0.39, 0.29) is 16.5 Å². The number of hydrogen-bond donors (Lipinski definition) is 1. The van der Waals surface area contributed by atoms with E-state index < -0.39 is 17.6 Å². The van der Waals surface area contributed by atoms with E-state index in [1.54, 1.807) is 24.3 Å². The number of carboxylic acid groups (broad SMARTS) is 1. The van der Waals surface area contributed by atoms with E-state index in [0.29, 0.717) is 11.1 Å². The Balaban J connectivity index is 2.39. The predicted molar refractivity (Wildman–Crippen MR) is 74.1 cm³/mol. The Kier molecular flexibility index (Phi) is 3.10. The second-order valence-corrected chi connectivity index (χ2v) is 4.49. The topological polar surface area (TPSA) is 50.2 Å². The zero-order chi connectivity index (χ0) is 15.0. The van der Waals surface area contributed by atoms with Crippen LogP contribution in [0.2, 0.25) is 0 Å². The molecule has 5 heteroatoms. The van der Waals surface area contributed by atoms with Crippen molar-refractivity contribution in [1.82, 2.24) is 4.98 Å². The Morgan fingerprint density at radius 1 is 1.05 bits per heavy atom. The average molecular weight is 285 g/mol. The minimum atomic E-state index is -1.10. The zero-order valence-corrected chi connectivity index (χ0v) is 10.7. The number of aromatic nitrogens is 1. The van der Waals surface area contributed by atoms with Gasteiger partial charge in [0, 0.05) is 17.6 Å². The third-order valence-corrected chi connectivity index (χ3v) is 3.21. The van der Waals surface area contributed by atoms with Gasteiger partial charge in [0.25, 0.3) is 0 Å². The number of nitrogens with zero attached hydrogens (tertiary/aromatic N) is 1. The number of benzene rings is 2. The summed E-state index contributed by atoms with van der Waals surface area (Å²) in [5, 5.41) is 9.48. The molecule has 3 rings (SSSR count). The van der Waals surface area contributed by atoms with Gasteiger partial charge in [-0.25, -0.2) is 13.6 Å². The summed E-state index contributed by atoms with van der Waals surface area (Å²) in [6.45, 7) is 0. The highest BCUT2D eigenvalue weighted by atomic mass is 19.1. The summed E-state index contributed by atoms with van der Waals surface area (Å²) < 4.78 is 27.3. The molecule has 0 fully saturated rings. The quantitative estimate of drug-likeness (QED) is 0.777. The van der Waals surface area contributed by atoms with Crippen molar-refractivity contribution in [3.05, 3.63) is 65.9 Å². The van der Waals surface area contributed by atoms with Crippen molar-refractivity contribution in [3.8, 4) is 11.1 Å². The van der Waals surface area contributed by atoms with Crippen LogP contribution in [0.3, 0.4) is 0 Å². The molecule has 3 nitrogen and oxygen atoms in total. The van der Waals surface area contributed by atoms with Gasteiger partial charge in [0.2, 0.25) is 0 Å². The average Bonchev–Trinajstić information content (AvgIpc) is 2.46. The number of rotatable bonds is 2. The number of fused-ring (bicyclic) bond motifs is 1. The fourth-order valence-corrected chi connectivity index (χ4v) is 2.32. The molecule has 0 atom stereocenters. The third kappa shape index (κ3) is 2.23. The van der Waals surface area contributed by atoms with E-state index in [1.165, 1.54) is 12.3 Å². The lowest BCUT2D eigenvalue weighted by molar-refractivity contribution is 0.0697. The molecule has 0 aliphatic carbocycles. The summed E-state index contributed by atoms with van der Waals surface area (Å²) in [7, 11) is 0. The third-order valence-electron chi connectivity index (χ3n) is 3.21. The van der Waals surface area contributed by atoms with E-state index in [1.807, 2.05) is 0 Å². The van der Waals surface area contributed by atoms with Gasteiger partial charge in [-0.3, -0.25) is 4.98 Å². The number of hydrogen-bond acceptors (Lipinski definition) is 2. The van der Waals surface area contributed by atoms with Gasteiger partial charge in [0.05, 0.1) is 5.56 Å². The van der Waals surface area contributed by atoms with Crippen LogP contribution in [0.15, 0.2) is 48.7 Å². The van der Waals surface area contributed by atoms with Crippen LogP contribution < -0.4 is 0 Å². The Hall–Kier alpha value is -2.82. The molecular formula is C16H9F2NO2. The Bertz CT molecular complexity index is 862. The SMILES string of the molecule is O=C(O)c1ccccc1-c1ccnc2c(F)cc(F)cc12. The van der Waals surface area contributed by atoms with Gasteiger partial charge in [-0.2, -0.15) is 0 Å². The predicted octanol–water partition coefficient (Wildman–Crippen LogP) is 3.88. The highest BCUT2D eigenvalue weighted by Gasteiger charge is 2.15. The molecule has 1 N–H and O–H groups in total. The van der Waals surface area contributed by atoms with Gasteiger partial charge in [0.1, 0.15) is 11.3 Å². The van der Waals surface area contributed by atoms with Crippen LogP contribution in [0, 0.1) is 11.6 Å². The van der Waals surface area contributed by atoms with Crippen LogP contribution in [0.1, 0.15) is 10.4 Å². The summed E-state index contributed by atoms with van der Waals surface area (Å²) in [5.74, 6) is -2.62. The molecular weight excluding hydrogens is 276 g/mol. The lowest BCUT2D eigenvalue weighted by Crippen LogP contribution is -2.00. The fraction of sp³-hybridized carbons (Fsp3) is 0. The second-order valence-electron chi connectivity index (χ2n) is 4.49. The maximum atomic E-state index is 13.8. The van der Waals surface area contributed by atoms with Crippen molar-refractivity contribution < 1.29 is 18.7 Å². The highest BCUT2D eigenvalue weighted by Crippen LogP contribution is 2.31. The van der Waals surface area contributed by atoms with E-state index in [4.69, 9.17) is 0 Å². The molecule has 21 heavy (non-hydrogen) atoms. The molecule has 0 radical (unpaired) electrons. The maximum absolute atomic E-state index is 13.8. The Morgan fingerprint density at radius 3 is 2.57 bits per heavy atom. The standard InChI is InChI=1S/C16H9F2NO2/c17-9-7-13-11(5-6-19-15(13)14(18)8-9)10-3-1-2-4-12(10)16(20)21/h1-8H,(H,20,21). The molecule has 0 aliphatic heterocycles. The molecule has 1 aromatic heterocycles. The van der Waals surface area contributed by atoms with Crippen molar-refractivity contribution >= 4 is 16.9 Å². The van der Waals surface area contributed by atoms with Crippen LogP contribution in [0.5, 0.6) is 0 Å². The highest BCUT2D eigenvalue weighted by molar-refractivity contribution is 6.02. The lowest BCUT2D eigenvalue weighted by Gasteiger charge is -2.09. The van der Waals surface area contributed by atoms with Gasteiger partial charge in [-0.1, -0.05) is 18.2 Å². The number of aromatic carboxylic acids is 1. The van der Waals surface area contributed by atoms with E-state index >= 15 is 0 Å². The number of carboxylic acids is 1. The summed E-state index contributed by atoms with van der Waals surface area (Å²) in [6.07, 6.45) is 1.37. The number of pyridine rings is 1. The fourth-order valence-electron chi connectivity index (χ4n) is 2.32. The summed E-state index contributed by atoms with van der Waals surface area (Å²) in [4.78, 5) is 15.2. The van der Waals surface area contributed by atoms with Gasteiger partial charge in [-0.15, -0.1) is 0 Å². The molecule has 0 unspecified atom stereocenters. The largest absolute Gasteiger partial charge is 0.478 e. The van der Waals surface area contributed by atoms with Crippen molar-refractivity contribution in [3.63, 3.8) is 0 Å². The molecule has 0 spiro atoms. The molecule has 2 aromatic carbocycles. The van der Waals surface area contributed by atoms with Crippen molar-refractivity contribution in [1.29, 1.82) is 0 Å². The van der Waals surface area contributed by atoms with Gasteiger partial charge in [-0.05, 0) is 29.3 Å². The van der Waals surface area contributed by atoms with Crippen LogP contribution >= 0.6 is 0 Å². The van der Waals surface area contributed by atoms with Crippen molar-refractivity contribution in [2.45, 2.75) is 0 Å². The molecule has 0 aliphatic rings. The lowest BCUT2D eigenvalue weighted by atomic mass is 9.96. The molecule has 0 saturated carbocycles. The van der Waals surface area contributed by atoms with Gasteiger partial charge < -0.3 is 5.11 Å². The van der Waals surface area contributed by atoms with Gasteiger partial charge in [0.15, 0.2) is 5.82 Å². The molecule has 0 bridgehead atoms. The van der Waals surface area contributed by atoms with E-state index in [2.05, 4.69) is 4.98 Å².